The highest BCUT2D eigenvalue weighted by Gasteiger charge is 2.40. The number of nitrogens with one attached hydrogen (secondary N) is 1. The van der Waals surface area contributed by atoms with E-state index in [4.69, 9.17) is 4.74 Å². The molecule has 0 aliphatic carbocycles. The molecule has 1 heterocycles. The highest BCUT2D eigenvalue weighted by molar-refractivity contribution is 8.00. The summed E-state index contributed by atoms with van der Waals surface area (Å²) in [4.78, 5) is 11.4. The molecule has 0 aromatic rings. The van der Waals surface area contributed by atoms with Crippen molar-refractivity contribution in [2.24, 2.45) is 0 Å². The Bertz CT molecular complexity index is 182. The average Bonchev–Trinajstić information content (AvgIpc) is 2.30. The minimum absolute atomic E-state index is 0.0355. The molecule has 0 radical (unpaired) electrons. The molecule has 0 aromatic heterocycles. The number of esters is 1. The summed E-state index contributed by atoms with van der Waals surface area (Å²) >= 11 is 1.75. The molecular weight excluding hydrogens is 174 g/mol. The van der Waals surface area contributed by atoms with Crippen molar-refractivity contribution in [1.82, 2.24) is 5.32 Å². The van der Waals surface area contributed by atoms with Crippen molar-refractivity contribution < 1.29 is 9.53 Å². The third-order valence-corrected chi connectivity index (χ3v) is 3.24. The van der Waals surface area contributed by atoms with Gasteiger partial charge in [0.05, 0.1) is 6.61 Å². The van der Waals surface area contributed by atoms with Crippen molar-refractivity contribution in [1.29, 1.82) is 0 Å². The normalized spacial score (nSPS) is 27.1. The zero-order chi connectivity index (χ0) is 9.19. The summed E-state index contributed by atoms with van der Waals surface area (Å²) < 4.78 is 4.91. The van der Waals surface area contributed by atoms with Gasteiger partial charge in [0.2, 0.25) is 0 Å². The first-order valence-electron chi connectivity index (χ1n) is 4.12. The molecule has 1 fully saturated rings. The van der Waals surface area contributed by atoms with Crippen LogP contribution in [0.3, 0.4) is 0 Å². The quantitative estimate of drug-likeness (QED) is 0.657. The SMILES string of the molecule is CCOC(=O)C1NCSC1(C)C. The van der Waals surface area contributed by atoms with Gasteiger partial charge in [0, 0.05) is 10.6 Å². The maximum absolute atomic E-state index is 11.4. The zero-order valence-electron chi connectivity index (χ0n) is 7.72. The van der Waals surface area contributed by atoms with E-state index in [0.717, 1.165) is 5.88 Å². The lowest BCUT2D eigenvalue weighted by Gasteiger charge is -2.23. The molecule has 4 heteroatoms. The van der Waals surface area contributed by atoms with Gasteiger partial charge in [-0.3, -0.25) is 10.1 Å². The Hall–Kier alpha value is -0.220. The summed E-state index contributed by atoms with van der Waals surface area (Å²) in [5, 5.41) is 3.12. The van der Waals surface area contributed by atoms with Crippen LogP contribution in [0.4, 0.5) is 0 Å². The van der Waals surface area contributed by atoms with E-state index in [1.807, 2.05) is 6.92 Å². The van der Waals surface area contributed by atoms with Gasteiger partial charge in [-0.1, -0.05) is 0 Å². The van der Waals surface area contributed by atoms with Gasteiger partial charge in [0.15, 0.2) is 0 Å². The molecule has 0 saturated carbocycles. The standard InChI is InChI=1S/C8H15NO2S/c1-4-11-7(10)6-8(2,3)12-5-9-6/h6,9H,4-5H2,1-3H3. The van der Waals surface area contributed by atoms with E-state index >= 15 is 0 Å². The van der Waals surface area contributed by atoms with Gasteiger partial charge in [0.25, 0.3) is 0 Å². The van der Waals surface area contributed by atoms with E-state index in [0.29, 0.717) is 6.61 Å². The molecule has 1 N–H and O–H groups in total. The largest absolute Gasteiger partial charge is 0.465 e. The Morgan fingerprint density at radius 1 is 1.75 bits per heavy atom. The fourth-order valence-corrected chi connectivity index (χ4v) is 2.20. The second-order valence-electron chi connectivity index (χ2n) is 3.28. The molecular formula is C8H15NO2S. The monoisotopic (exact) mass is 189 g/mol. The first-order valence-corrected chi connectivity index (χ1v) is 5.10. The predicted molar refractivity (Wildman–Crippen MR) is 50.1 cm³/mol. The second-order valence-corrected chi connectivity index (χ2v) is 4.91. The van der Waals surface area contributed by atoms with Crippen LogP contribution in [0.1, 0.15) is 20.8 Å². The topological polar surface area (TPSA) is 38.3 Å². The molecule has 1 atom stereocenters. The summed E-state index contributed by atoms with van der Waals surface area (Å²) in [6, 6.07) is -0.151. The van der Waals surface area contributed by atoms with E-state index in [1.165, 1.54) is 0 Å². The molecule has 0 spiro atoms. The van der Waals surface area contributed by atoms with Crippen LogP contribution in [-0.4, -0.2) is 29.2 Å². The maximum Gasteiger partial charge on any atom is 0.324 e. The molecule has 70 valence electrons. The molecule has 1 unspecified atom stereocenters. The van der Waals surface area contributed by atoms with E-state index in [2.05, 4.69) is 19.2 Å². The fourth-order valence-electron chi connectivity index (χ4n) is 1.23. The third-order valence-electron chi connectivity index (χ3n) is 1.95. The van der Waals surface area contributed by atoms with Crippen molar-refractivity contribution in [3.8, 4) is 0 Å². The van der Waals surface area contributed by atoms with Gasteiger partial charge >= 0.3 is 5.97 Å². The fraction of sp³-hybridized carbons (Fsp3) is 0.875. The molecule has 0 bridgehead atoms. The molecule has 12 heavy (non-hydrogen) atoms. The van der Waals surface area contributed by atoms with Crippen LogP contribution in [0.15, 0.2) is 0 Å². The van der Waals surface area contributed by atoms with Crippen molar-refractivity contribution in [3.63, 3.8) is 0 Å². The summed E-state index contributed by atoms with van der Waals surface area (Å²) in [6.07, 6.45) is 0. The van der Waals surface area contributed by atoms with Crippen LogP contribution < -0.4 is 5.32 Å². The number of hydrogen-bond donors (Lipinski definition) is 1. The molecule has 0 aromatic carbocycles. The summed E-state index contributed by atoms with van der Waals surface area (Å²) in [5.41, 5.74) is 0. The Labute approximate surface area is 77.2 Å². The maximum atomic E-state index is 11.4. The first kappa shape index (κ1) is 9.86. The number of ether oxygens (including phenoxy) is 1. The van der Waals surface area contributed by atoms with E-state index in [-0.39, 0.29) is 16.8 Å². The smallest absolute Gasteiger partial charge is 0.324 e. The second kappa shape index (κ2) is 3.66. The zero-order valence-corrected chi connectivity index (χ0v) is 8.53. The van der Waals surface area contributed by atoms with Crippen molar-refractivity contribution in [2.75, 3.05) is 12.5 Å². The molecule has 0 amide bonds. The van der Waals surface area contributed by atoms with E-state index < -0.39 is 0 Å². The van der Waals surface area contributed by atoms with Gasteiger partial charge in [-0.2, -0.15) is 0 Å². The Morgan fingerprint density at radius 3 is 2.83 bits per heavy atom. The lowest BCUT2D eigenvalue weighted by Crippen LogP contribution is -2.44. The van der Waals surface area contributed by atoms with Gasteiger partial charge in [-0.15, -0.1) is 11.8 Å². The highest BCUT2D eigenvalue weighted by Crippen LogP contribution is 2.33. The minimum Gasteiger partial charge on any atom is -0.465 e. The Kier molecular flexibility index (Phi) is 3.01. The van der Waals surface area contributed by atoms with Crippen molar-refractivity contribution in [3.05, 3.63) is 0 Å². The number of hydrogen-bond acceptors (Lipinski definition) is 4. The predicted octanol–water partition coefficient (Wildman–Crippen LogP) is 0.991. The van der Waals surface area contributed by atoms with Crippen molar-refractivity contribution >= 4 is 17.7 Å². The molecule has 1 aliphatic rings. The minimum atomic E-state index is -0.151. The number of thioether (sulfide) groups is 1. The van der Waals surface area contributed by atoms with Crippen LogP contribution in [0, 0.1) is 0 Å². The van der Waals surface area contributed by atoms with Gasteiger partial charge in [-0.25, -0.2) is 0 Å². The van der Waals surface area contributed by atoms with Crippen LogP contribution in [0.2, 0.25) is 0 Å². The van der Waals surface area contributed by atoms with Gasteiger partial charge in [-0.05, 0) is 20.8 Å². The summed E-state index contributed by atoms with van der Waals surface area (Å²) in [5.74, 6) is 0.698. The summed E-state index contributed by atoms with van der Waals surface area (Å²) in [6.45, 7) is 6.39. The van der Waals surface area contributed by atoms with Crippen LogP contribution in [0.25, 0.3) is 0 Å². The number of rotatable bonds is 2. The highest BCUT2D eigenvalue weighted by atomic mass is 32.2. The van der Waals surface area contributed by atoms with Crippen LogP contribution in [-0.2, 0) is 9.53 Å². The molecule has 3 nitrogen and oxygen atoms in total. The third kappa shape index (κ3) is 1.93. The van der Waals surface area contributed by atoms with E-state index in [9.17, 15) is 4.79 Å². The Morgan fingerprint density at radius 2 is 2.42 bits per heavy atom. The lowest BCUT2D eigenvalue weighted by molar-refractivity contribution is -0.145. The number of carbonyl (C=O) groups excluding carboxylic acids is 1. The summed E-state index contributed by atoms with van der Waals surface area (Å²) in [7, 11) is 0. The van der Waals surface area contributed by atoms with Gasteiger partial charge < -0.3 is 4.74 Å². The van der Waals surface area contributed by atoms with Crippen LogP contribution >= 0.6 is 11.8 Å². The number of carbonyl (C=O) groups is 1. The molecule has 1 rings (SSSR count). The van der Waals surface area contributed by atoms with Gasteiger partial charge in [0.1, 0.15) is 6.04 Å². The molecule has 1 aliphatic heterocycles. The Balaban J connectivity index is 2.56. The van der Waals surface area contributed by atoms with Crippen molar-refractivity contribution in [2.45, 2.75) is 31.6 Å². The molecule has 1 saturated heterocycles. The van der Waals surface area contributed by atoms with E-state index in [1.54, 1.807) is 11.8 Å². The first-order chi connectivity index (χ1) is 5.58. The lowest BCUT2D eigenvalue weighted by atomic mass is 10.0. The average molecular weight is 189 g/mol. The van der Waals surface area contributed by atoms with Crippen LogP contribution in [0.5, 0.6) is 0 Å².